The first-order chi connectivity index (χ1) is 17.2. The van der Waals surface area contributed by atoms with Crippen molar-refractivity contribution >= 4 is 89.8 Å². The van der Waals surface area contributed by atoms with Gasteiger partial charge in [0.05, 0.1) is 24.3 Å². The highest BCUT2D eigenvalue weighted by Crippen LogP contribution is 2.28. The highest BCUT2D eigenvalue weighted by atomic mass is 127. The van der Waals surface area contributed by atoms with E-state index in [1.165, 1.54) is 28.9 Å². The van der Waals surface area contributed by atoms with Crippen LogP contribution >= 0.6 is 61.1 Å². The second kappa shape index (κ2) is 11.8. The molecule has 0 fully saturated rings. The molecule has 0 unspecified atom stereocenters. The lowest BCUT2D eigenvalue weighted by Gasteiger charge is -2.12. The van der Waals surface area contributed by atoms with Crippen LogP contribution in [0, 0.1) is 13.0 Å². The van der Waals surface area contributed by atoms with Crippen LogP contribution in [0.25, 0.3) is 10.9 Å². The van der Waals surface area contributed by atoms with Crippen LogP contribution in [-0.2, 0) is 11.2 Å². The molecule has 1 heterocycles. The molecule has 0 aliphatic rings. The molecule has 0 aliphatic carbocycles. The molecule has 0 bridgehead atoms. The standard InChI is InChI=1S/C25H18BrFI2N4O3/c1-2-22-32-21-8-3-15(26)11-18(21)25(35)33(22)30-12-14-9-19(28)24(20(29)10-14)36-13-23(34)31-17-6-4-16(27)5-7-17/h3-12H,2,13H2,1H3,(H,31,34). The highest BCUT2D eigenvalue weighted by molar-refractivity contribution is 14.1. The number of rotatable bonds is 7. The minimum Gasteiger partial charge on any atom is -0.482 e. The molecule has 0 saturated heterocycles. The first-order valence-corrected chi connectivity index (χ1v) is 13.6. The van der Waals surface area contributed by atoms with E-state index < -0.39 is 0 Å². The lowest BCUT2D eigenvalue weighted by Crippen LogP contribution is -2.22. The average molecular weight is 775 g/mol. The molecule has 0 radical (unpaired) electrons. The van der Waals surface area contributed by atoms with Crippen molar-refractivity contribution in [1.82, 2.24) is 9.66 Å². The van der Waals surface area contributed by atoms with Gasteiger partial charge in [-0.25, -0.2) is 9.37 Å². The van der Waals surface area contributed by atoms with Crippen molar-refractivity contribution in [3.63, 3.8) is 0 Å². The second-order valence-electron chi connectivity index (χ2n) is 7.56. The molecule has 3 aromatic carbocycles. The number of carbonyl (C=O) groups is 1. The van der Waals surface area contributed by atoms with Gasteiger partial charge in [-0.15, -0.1) is 0 Å². The van der Waals surface area contributed by atoms with Gasteiger partial charge in [0.2, 0.25) is 0 Å². The number of aromatic nitrogens is 2. The molecule has 4 rings (SSSR count). The average Bonchev–Trinajstić information content (AvgIpc) is 2.84. The van der Waals surface area contributed by atoms with Crippen LogP contribution in [0.4, 0.5) is 10.1 Å². The summed E-state index contributed by atoms with van der Waals surface area (Å²) in [4.78, 5) is 29.9. The third kappa shape index (κ3) is 6.29. The molecular weight excluding hydrogens is 757 g/mol. The molecule has 36 heavy (non-hydrogen) atoms. The van der Waals surface area contributed by atoms with Gasteiger partial charge < -0.3 is 10.1 Å². The SMILES string of the molecule is CCc1nc2ccc(Br)cc2c(=O)n1N=Cc1cc(I)c(OCC(=O)Nc2ccc(F)cc2)c(I)c1. The largest absolute Gasteiger partial charge is 0.482 e. The van der Waals surface area contributed by atoms with Gasteiger partial charge in [0.25, 0.3) is 11.5 Å². The fourth-order valence-corrected chi connectivity index (χ4v) is 5.82. The van der Waals surface area contributed by atoms with Crippen molar-refractivity contribution in [3.8, 4) is 5.75 Å². The lowest BCUT2D eigenvalue weighted by molar-refractivity contribution is -0.118. The monoisotopic (exact) mass is 774 g/mol. The Labute approximate surface area is 241 Å². The Morgan fingerprint density at radius 2 is 1.86 bits per heavy atom. The molecule has 1 aromatic heterocycles. The zero-order valence-corrected chi connectivity index (χ0v) is 24.7. The Hall–Kier alpha value is -2.39. The summed E-state index contributed by atoms with van der Waals surface area (Å²) in [7, 11) is 0. The number of nitrogens with zero attached hydrogens (tertiary/aromatic N) is 3. The van der Waals surface area contributed by atoms with Crippen molar-refractivity contribution in [2.24, 2.45) is 5.10 Å². The van der Waals surface area contributed by atoms with Crippen LogP contribution < -0.4 is 15.6 Å². The normalized spacial score (nSPS) is 11.2. The summed E-state index contributed by atoms with van der Waals surface area (Å²) >= 11 is 7.65. The molecule has 11 heteroatoms. The molecule has 7 nitrogen and oxygen atoms in total. The minimum atomic E-state index is -0.377. The molecule has 184 valence electrons. The zero-order valence-electron chi connectivity index (χ0n) is 18.8. The first-order valence-electron chi connectivity index (χ1n) is 10.7. The maximum Gasteiger partial charge on any atom is 0.282 e. The molecule has 0 saturated carbocycles. The number of aryl methyl sites for hydroxylation is 1. The zero-order chi connectivity index (χ0) is 25.8. The van der Waals surface area contributed by atoms with Crippen molar-refractivity contribution in [2.75, 3.05) is 11.9 Å². The van der Waals surface area contributed by atoms with Gasteiger partial charge in [0, 0.05) is 16.6 Å². The van der Waals surface area contributed by atoms with E-state index in [0.29, 0.717) is 34.6 Å². The lowest BCUT2D eigenvalue weighted by atomic mass is 10.2. The number of hydrogen-bond donors (Lipinski definition) is 1. The molecule has 0 spiro atoms. The third-order valence-electron chi connectivity index (χ3n) is 5.01. The van der Waals surface area contributed by atoms with Gasteiger partial charge in [0.15, 0.2) is 6.61 Å². The number of carbonyl (C=O) groups excluding carboxylic acids is 1. The van der Waals surface area contributed by atoms with Gasteiger partial charge in [-0.05, 0) is 105 Å². The number of fused-ring (bicyclic) bond motifs is 1. The minimum absolute atomic E-state index is 0.204. The van der Waals surface area contributed by atoms with Gasteiger partial charge in [-0.1, -0.05) is 22.9 Å². The number of benzene rings is 3. The summed E-state index contributed by atoms with van der Waals surface area (Å²) in [5.41, 5.74) is 1.62. The predicted octanol–water partition coefficient (Wildman–Crippen LogP) is 5.97. The number of ether oxygens (including phenoxy) is 1. The topological polar surface area (TPSA) is 85.6 Å². The van der Waals surface area contributed by atoms with Gasteiger partial charge in [0.1, 0.15) is 17.4 Å². The van der Waals surface area contributed by atoms with E-state index in [4.69, 9.17) is 4.74 Å². The summed E-state index contributed by atoms with van der Waals surface area (Å²) in [5.74, 6) is 0.382. The van der Waals surface area contributed by atoms with Crippen LogP contribution in [0.1, 0.15) is 18.3 Å². The summed E-state index contributed by atoms with van der Waals surface area (Å²) in [5, 5.41) is 7.57. The fourth-order valence-electron chi connectivity index (χ4n) is 3.33. The van der Waals surface area contributed by atoms with Crippen molar-refractivity contribution in [1.29, 1.82) is 0 Å². The van der Waals surface area contributed by atoms with E-state index in [1.54, 1.807) is 18.3 Å². The maximum absolute atomic E-state index is 13.1. The summed E-state index contributed by atoms with van der Waals surface area (Å²) in [6.07, 6.45) is 2.14. The molecule has 1 amide bonds. The summed E-state index contributed by atoms with van der Waals surface area (Å²) in [6.45, 7) is 1.72. The molecule has 0 atom stereocenters. The number of halogens is 4. The van der Waals surface area contributed by atoms with E-state index in [2.05, 4.69) is 76.5 Å². The van der Waals surface area contributed by atoms with Crippen LogP contribution in [0.3, 0.4) is 0 Å². The van der Waals surface area contributed by atoms with E-state index in [1.807, 2.05) is 25.1 Å². The van der Waals surface area contributed by atoms with E-state index >= 15 is 0 Å². The van der Waals surface area contributed by atoms with Gasteiger partial charge in [-0.3, -0.25) is 9.59 Å². The molecule has 0 aliphatic heterocycles. The Morgan fingerprint density at radius 1 is 1.17 bits per heavy atom. The van der Waals surface area contributed by atoms with Crippen LogP contribution in [0.15, 0.2) is 69.0 Å². The fraction of sp³-hybridized carbons (Fsp3) is 0.120. The third-order valence-corrected chi connectivity index (χ3v) is 7.11. The Morgan fingerprint density at radius 3 is 2.53 bits per heavy atom. The highest BCUT2D eigenvalue weighted by Gasteiger charge is 2.13. The van der Waals surface area contributed by atoms with Crippen molar-refractivity contribution in [2.45, 2.75) is 13.3 Å². The smallest absolute Gasteiger partial charge is 0.282 e. The molecule has 4 aromatic rings. The quantitative estimate of drug-likeness (QED) is 0.186. The van der Waals surface area contributed by atoms with Crippen molar-refractivity contribution in [3.05, 3.63) is 93.8 Å². The first kappa shape index (κ1) is 26.7. The van der Waals surface area contributed by atoms with Crippen molar-refractivity contribution < 1.29 is 13.9 Å². The molecule has 1 N–H and O–H groups in total. The maximum atomic E-state index is 13.1. The van der Waals surface area contributed by atoms with Crippen LogP contribution in [-0.4, -0.2) is 28.4 Å². The predicted molar refractivity (Wildman–Crippen MR) is 158 cm³/mol. The number of amides is 1. The van der Waals surface area contributed by atoms with Crippen LogP contribution in [0.2, 0.25) is 0 Å². The Kier molecular flexibility index (Phi) is 8.72. The van der Waals surface area contributed by atoms with E-state index in [-0.39, 0.29) is 23.9 Å². The number of anilines is 1. The van der Waals surface area contributed by atoms with Gasteiger partial charge >= 0.3 is 0 Å². The second-order valence-corrected chi connectivity index (χ2v) is 10.8. The Bertz CT molecular complexity index is 1520. The summed E-state index contributed by atoms with van der Waals surface area (Å²) < 4.78 is 22.4. The molecular formula is C25H18BrFI2N4O3. The number of nitrogens with one attached hydrogen (secondary N) is 1. The van der Waals surface area contributed by atoms with E-state index in [9.17, 15) is 14.0 Å². The number of hydrogen-bond acceptors (Lipinski definition) is 5. The van der Waals surface area contributed by atoms with Crippen LogP contribution in [0.5, 0.6) is 5.75 Å². The summed E-state index contributed by atoms with van der Waals surface area (Å²) in [6, 6.07) is 14.6. The van der Waals surface area contributed by atoms with E-state index in [0.717, 1.165) is 17.2 Å². The van der Waals surface area contributed by atoms with Gasteiger partial charge in [-0.2, -0.15) is 9.78 Å². The Balaban J connectivity index is 1.52.